The maximum Gasteiger partial charge on any atom is 0.310 e. The minimum absolute atomic E-state index is 0.0667. The van der Waals surface area contributed by atoms with E-state index in [-0.39, 0.29) is 36.3 Å². The number of carbonyl (C=O) groups is 1. The van der Waals surface area contributed by atoms with Crippen LogP contribution in [-0.4, -0.2) is 60.3 Å². The summed E-state index contributed by atoms with van der Waals surface area (Å²) in [6.45, 7) is 4.88. The lowest BCUT2D eigenvalue weighted by atomic mass is 9.62. The highest BCUT2D eigenvalue weighted by atomic mass is 35.5. The predicted octanol–water partition coefficient (Wildman–Crippen LogP) is 4.55. The van der Waals surface area contributed by atoms with E-state index in [0.29, 0.717) is 42.9 Å². The zero-order valence-corrected chi connectivity index (χ0v) is 20.7. The second-order valence-electron chi connectivity index (χ2n) is 9.28. The van der Waals surface area contributed by atoms with Crippen LogP contribution in [-0.2, 0) is 16.0 Å². The topological polar surface area (TPSA) is 70.0 Å². The Kier molecular flexibility index (Phi) is 9.95. The Hall–Kier alpha value is -1.93. The molecule has 34 heavy (non-hydrogen) atoms. The molecule has 1 heterocycles. The summed E-state index contributed by atoms with van der Waals surface area (Å²) in [5.74, 6) is -0.808. The molecule has 1 saturated heterocycles. The number of benzene rings is 2. The fraction of sp³-hybridized carbons (Fsp3) is 0.500. The molecule has 0 bridgehead atoms. The van der Waals surface area contributed by atoms with Gasteiger partial charge in [0.25, 0.3) is 6.92 Å². The van der Waals surface area contributed by atoms with Crippen LogP contribution in [0.15, 0.2) is 42.5 Å². The third-order valence-electron chi connectivity index (χ3n) is 6.56. The maximum absolute atomic E-state index is 14.2. The van der Waals surface area contributed by atoms with Crippen molar-refractivity contribution in [2.45, 2.75) is 45.4 Å². The molecule has 0 aromatic heterocycles. The lowest BCUT2D eigenvalue weighted by Crippen LogP contribution is -2.52. The van der Waals surface area contributed by atoms with Crippen LogP contribution >= 0.6 is 11.6 Å². The molecule has 1 aliphatic rings. The first kappa shape index (κ1) is 26.7. The fourth-order valence-corrected chi connectivity index (χ4v) is 4.92. The molecule has 8 heteroatoms. The van der Waals surface area contributed by atoms with E-state index in [1.54, 1.807) is 19.8 Å². The van der Waals surface area contributed by atoms with Gasteiger partial charge in [-0.2, -0.15) is 0 Å². The summed E-state index contributed by atoms with van der Waals surface area (Å²) in [6.07, 6.45) is 2.76. The monoisotopic (exact) mass is 489 g/mol. The number of likely N-dealkylation sites (tertiary alicyclic amines) is 1. The number of aliphatic hydroxyl groups excluding tert-OH is 1. The summed E-state index contributed by atoms with van der Waals surface area (Å²) < 4.78 is 19.6. The van der Waals surface area contributed by atoms with Crippen molar-refractivity contribution in [3.05, 3.63) is 58.9 Å². The number of esters is 1. The Labute approximate surface area is 207 Å². The summed E-state index contributed by atoms with van der Waals surface area (Å²) in [5, 5.41) is 20.1. The van der Waals surface area contributed by atoms with Crippen LogP contribution in [0.2, 0.25) is 18.2 Å². The number of rotatable bonds is 12. The summed E-state index contributed by atoms with van der Waals surface area (Å²) >= 11 is 6.04. The summed E-state index contributed by atoms with van der Waals surface area (Å²) in [5.41, 5.74) is 2.25. The van der Waals surface area contributed by atoms with Gasteiger partial charge in [-0.15, -0.1) is 0 Å². The van der Waals surface area contributed by atoms with E-state index in [1.807, 2.05) is 24.3 Å². The first-order valence-electron chi connectivity index (χ1n) is 12.0. The molecule has 1 fully saturated rings. The van der Waals surface area contributed by atoms with Crippen LogP contribution in [0.1, 0.15) is 25.3 Å². The lowest BCUT2D eigenvalue weighted by Gasteiger charge is -2.41. The Bertz CT molecular complexity index is 941. The van der Waals surface area contributed by atoms with E-state index in [1.165, 1.54) is 12.1 Å². The number of aliphatic hydroxyl groups is 1. The molecule has 0 amide bonds. The van der Waals surface area contributed by atoms with Crippen molar-refractivity contribution in [3.8, 4) is 11.1 Å². The predicted molar refractivity (Wildman–Crippen MR) is 134 cm³/mol. The SMILES string of the molecule is CCOC(=O)[C@@H](C[C@H](CB(C)O)Cc1ccc(-c2cc(Cl)ccc2F)cc1)CN1CC[C@@H]1CO. The largest absolute Gasteiger partial charge is 0.466 e. The van der Waals surface area contributed by atoms with Crippen molar-refractivity contribution >= 4 is 24.5 Å². The number of hydrogen-bond acceptors (Lipinski definition) is 5. The molecule has 0 spiro atoms. The highest BCUT2D eigenvalue weighted by Gasteiger charge is 2.34. The number of nitrogens with zero attached hydrogens (tertiary/aromatic N) is 1. The fourth-order valence-electron chi connectivity index (χ4n) is 4.75. The molecule has 2 aromatic carbocycles. The van der Waals surface area contributed by atoms with Gasteiger partial charge >= 0.3 is 5.97 Å². The van der Waals surface area contributed by atoms with Gasteiger partial charge in [-0.3, -0.25) is 9.69 Å². The van der Waals surface area contributed by atoms with Gasteiger partial charge in [0.05, 0.1) is 19.1 Å². The minimum Gasteiger partial charge on any atom is -0.466 e. The molecule has 2 N–H and O–H groups in total. The number of halogens is 2. The third kappa shape index (κ3) is 7.29. The summed E-state index contributed by atoms with van der Waals surface area (Å²) in [4.78, 5) is 14.9. The van der Waals surface area contributed by atoms with Gasteiger partial charge in [-0.05, 0) is 67.8 Å². The second-order valence-corrected chi connectivity index (χ2v) is 9.72. The Balaban J connectivity index is 1.73. The molecule has 0 saturated carbocycles. The summed E-state index contributed by atoms with van der Waals surface area (Å²) in [7, 11) is 0. The van der Waals surface area contributed by atoms with Crippen LogP contribution in [0.5, 0.6) is 0 Å². The molecule has 184 valence electrons. The van der Waals surface area contributed by atoms with E-state index in [4.69, 9.17) is 16.3 Å². The van der Waals surface area contributed by atoms with Crippen LogP contribution in [0, 0.1) is 17.7 Å². The van der Waals surface area contributed by atoms with Crippen molar-refractivity contribution < 1.29 is 24.1 Å². The molecule has 5 nitrogen and oxygen atoms in total. The van der Waals surface area contributed by atoms with Crippen molar-refractivity contribution in [2.24, 2.45) is 11.8 Å². The molecule has 3 rings (SSSR count). The zero-order valence-electron chi connectivity index (χ0n) is 19.9. The van der Waals surface area contributed by atoms with E-state index in [9.17, 15) is 19.3 Å². The van der Waals surface area contributed by atoms with Crippen LogP contribution in [0.25, 0.3) is 11.1 Å². The Morgan fingerprint density at radius 2 is 2.03 bits per heavy atom. The van der Waals surface area contributed by atoms with Crippen LogP contribution in [0.4, 0.5) is 4.39 Å². The second kappa shape index (κ2) is 12.7. The first-order valence-corrected chi connectivity index (χ1v) is 12.4. The van der Waals surface area contributed by atoms with Crippen LogP contribution < -0.4 is 0 Å². The Morgan fingerprint density at radius 3 is 2.62 bits per heavy atom. The molecule has 1 aliphatic heterocycles. The normalized spacial score (nSPS) is 17.6. The average Bonchev–Trinajstić information content (AvgIpc) is 2.78. The van der Waals surface area contributed by atoms with Gasteiger partial charge in [-0.1, -0.05) is 42.7 Å². The van der Waals surface area contributed by atoms with Crippen molar-refractivity contribution in [3.63, 3.8) is 0 Å². The minimum atomic E-state index is -0.498. The van der Waals surface area contributed by atoms with Crippen molar-refractivity contribution in [2.75, 3.05) is 26.3 Å². The van der Waals surface area contributed by atoms with Gasteiger partial charge in [0.2, 0.25) is 0 Å². The molecular formula is C26H34BClFNO4. The van der Waals surface area contributed by atoms with E-state index in [2.05, 4.69) is 4.90 Å². The Morgan fingerprint density at radius 1 is 1.29 bits per heavy atom. The molecule has 0 aliphatic carbocycles. The maximum atomic E-state index is 14.2. The van der Waals surface area contributed by atoms with Crippen LogP contribution in [0.3, 0.4) is 0 Å². The quantitative estimate of drug-likeness (QED) is 0.338. The van der Waals surface area contributed by atoms with Gasteiger partial charge < -0.3 is 14.9 Å². The zero-order chi connectivity index (χ0) is 24.7. The average molecular weight is 490 g/mol. The lowest BCUT2D eigenvalue weighted by molar-refractivity contribution is -0.150. The van der Waals surface area contributed by atoms with E-state index in [0.717, 1.165) is 24.1 Å². The third-order valence-corrected chi connectivity index (χ3v) is 6.80. The molecule has 0 radical (unpaired) electrons. The van der Waals surface area contributed by atoms with E-state index >= 15 is 0 Å². The molecule has 2 aromatic rings. The number of carbonyl (C=O) groups excluding carboxylic acids is 1. The highest BCUT2D eigenvalue weighted by Crippen LogP contribution is 2.29. The van der Waals surface area contributed by atoms with Gasteiger partial charge in [0.1, 0.15) is 5.82 Å². The van der Waals surface area contributed by atoms with E-state index < -0.39 is 6.92 Å². The van der Waals surface area contributed by atoms with Gasteiger partial charge in [-0.25, -0.2) is 4.39 Å². The number of hydrogen-bond donors (Lipinski definition) is 2. The van der Waals surface area contributed by atoms with Crippen molar-refractivity contribution in [1.82, 2.24) is 4.90 Å². The first-order chi connectivity index (χ1) is 16.3. The van der Waals surface area contributed by atoms with Gasteiger partial charge in [0, 0.05) is 29.7 Å². The summed E-state index contributed by atoms with van der Waals surface area (Å²) in [6, 6.07) is 12.3. The van der Waals surface area contributed by atoms with Crippen molar-refractivity contribution in [1.29, 1.82) is 0 Å². The molecule has 0 unspecified atom stereocenters. The number of ether oxygens (including phenoxy) is 1. The standard InChI is InChI=1S/C26H34BClFNO4/c1-3-34-26(32)21(16-30-11-10-23(30)17-31)13-19(15-27(2)33)12-18-4-6-20(7-5-18)24-14-22(28)8-9-25(24)29/h4-9,14,19,21,23,31,33H,3,10-13,15-17H2,1-2H3/t19-,21+,23-/m1/s1. The molecule has 3 atom stereocenters. The molecular weight excluding hydrogens is 456 g/mol. The highest BCUT2D eigenvalue weighted by molar-refractivity contribution is 6.48. The smallest absolute Gasteiger partial charge is 0.310 e. The van der Waals surface area contributed by atoms with Gasteiger partial charge in [0.15, 0.2) is 0 Å².